The number of ether oxygens (including phenoxy) is 2. The first-order chi connectivity index (χ1) is 12.7. The molecule has 2 N–H and O–H groups in total. The molecule has 0 aliphatic heterocycles. The standard InChI is InChI=1S/C18H18N6O2/c1-24-17(11-4-7-15(25-2)16(9-11)26-3)21-18(23-24)20-13-5-6-14-12(8-13)10-19-22-14/h4-10H,1-3H3,(H,19,22)(H,20,23). The number of nitrogens with zero attached hydrogens (tertiary/aromatic N) is 4. The Bertz CT molecular complexity index is 1070. The summed E-state index contributed by atoms with van der Waals surface area (Å²) in [5.74, 6) is 2.55. The lowest BCUT2D eigenvalue weighted by atomic mass is 10.2. The lowest BCUT2D eigenvalue weighted by molar-refractivity contribution is 0.355. The van der Waals surface area contributed by atoms with Crippen LogP contribution in [0.4, 0.5) is 11.6 Å². The number of methoxy groups -OCH3 is 2. The molecule has 8 nitrogen and oxygen atoms in total. The summed E-state index contributed by atoms with van der Waals surface area (Å²) < 4.78 is 12.4. The predicted octanol–water partition coefficient (Wildman–Crippen LogP) is 3.12. The first-order valence-electron chi connectivity index (χ1n) is 8.01. The Morgan fingerprint density at radius 2 is 1.88 bits per heavy atom. The molecule has 2 aromatic heterocycles. The summed E-state index contributed by atoms with van der Waals surface area (Å²) in [5.41, 5.74) is 2.76. The van der Waals surface area contributed by atoms with Gasteiger partial charge in [-0.2, -0.15) is 10.1 Å². The number of nitrogens with one attached hydrogen (secondary N) is 2. The van der Waals surface area contributed by atoms with Gasteiger partial charge in [0.25, 0.3) is 0 Å². The largest absolute Gasteiger partial charge is 0.493 e. The van der Waals surface area contributed by atoms with E-state index in [-0.39, 0.29) is 0 Å². The third-order valence-corrected chi connectivity index (χ3v) is 4.10. The number of fused-ring (bicyclic) bond motifs is 1. The van der Waals surface area contributed by atoms with Gasteiger partial charge in [0, 0.05) is 23.7 Å². The zero-order valence-corrected chi connectivity index (χ0v) is 14.6. The summed E-state index contributed by atoms with van der Waals surface area (Å²) in [6, 6.07) is 11.6. The smallest absolute Gasteiger partial charge is 0.247 e. The van der Waals surface area contributed by atoms with Gasteiger partial charge >= 0.3 is 0 Å². The summed E-state index contributed by atoms with van der Waals surface area (Å²) in [4.78, 5) is 4.59. The maximum Gasteiger partial charge on any atom is 0.247 e. The van der Waals surface area contributed by atoms with Crippen LogP contribution < -0.4 is 14.8 Å². The third-order valence-electron chi connectivity index (χ3n) is 4.10. The van der Waals surface area contributed by atoms with Crippen molar-refractivity contribution < 1.29 is 9.47 Å². The number of rotatable bonds is 5. The molecule has 0 saturated heterocycles. The summed E-state index contributed by atoms with van der Waals surface area (Å²) in [6.45, 7) is 0. The molecule has 4 rings (SSSR count). The average molecular weight is 350 g/mol. The molecule has 8 heteroatoms. The Labute approximate surface area is 149 Å². The van der Waals surface area contributed by atoms with Crippen LogP contribution in [-0.4, -0.2) is 39.2 Å². The predicted molar refractivity (Wildman–Crippen MR) is 98.9 cm³/mol. The highest BCUT2D eigenvalue weighted by atomic mass is 16.5. The number of aromatic amines is 1. The lowest BCUT2D eigenvalue weighted by Gasteiger charge is -2.08. The number of benzene rings is 2. The molecule has 0 atom stereocenters. The first-order valence-corrected chi connectivity index (χ1v) is 8.01. The van der Waals surface area contributed by atoms with Gasteiger partial charge in [0.1, 0.15) is 0 Å². The Balaban J connectivity index is 1.64. The fourth-order valence-electron chi connectivity index (χ4n) is 2.81. The van der Waals surface area contributed by atoms with Gasteiger partial charge in [0.05, 0.1) is 25.9 Å². The van der Waals surface area contributed by atoms with Gasteiger partial charge in [-0.25, -0.2) is 4.68 Å². The van der Waals surface area contributed by atoms with E-state index in [1.54, 1.807) is 25.1 Å². The minimum Gasteiger partial charge on any atom is -0.493 e. The molecule has 0 aliphatic carbocycles. The van der Waals surface area contributed by atoms with Gasteiger partial charge in [-0.15, -0.1) is 5.10 Å². The monoisotopic (exact) mass is 350 g/mol. The Kier molecular flexibility index (Phi) is 3.92. The number of hydrogen-bond acceptors (Lipinski definition) is 6. The fraction of sp³-hybridized carbons (Fsp3) is 0.167. The molecule has 0 saturated carbocycles. The molecular formula is C18H18N6O2. The second kappa shape index (κ2) is 6.40. The van der Waals surface area contributed by atoms with Crippen molar-refractivity contribution in [2.24, 2.45) is 7.05 Å². The van der Waals surface area contributed by atoms with Crippen molar-refractivity contribution in [3.8, 4) is 22.9 Å². The first kappa shape index (κ1) is 15.9. The van der Waals surface area contributed by atoms with Crippen molar-refractivity contribution in [3.05, 3.63) is 42.6 Å². The highest BCUT2D eigenvalue weighted by Gasteiger charge is 2.13. The molecule has 132 valence electrons. The second-order valence-corrected chi connectivity index (χ2v) is 5.75. The molecule has 0 unspecified atom stereocenters. The summed E-state index contributed by atoms with van der Waals surface area (Å²) in [7, 11) is 5.07. The van der Waals surface area contributed by atoms with Crippen molar-refractivity contribution in [1.29, 1.82) is 0 Å². The lowest BCUT2D eigenvalue weighted by Crippen LogP contribution is -1.96. The van der Waals surface area contributed by atoms with Crippen LogP contribution in [0.5, 0.6) is 11.5 Å². The van der Waals surface area contributed by atoms with Gasteiger partial charge < -0.3 is 14.8 Å². The van der Waals surface area contributed by atoms with Crippen LogP contribution in [0.1, 0.15) is 0 Å². The molecule has 2 aromatic carbocycles. The van der Waals surface area contributed by atoms with Crippen molar-refractivity contribution in [1.82, 2.24) is 25.0 Å². The number of H-pyrrole nitrogens is 1. The van der Waals surface area contributed by atoms with E-state index < -0.39 is 0 Å². The van der Waals surface area contributed by atoms with Crippen LogP contribution in [0.2, 0.25) is 0 Å². The van der Waals surface area contributed by atoms with Gasteiger partial charge in [0.15, 0.2) is 17.3 Å². The van der Waals surface area contributed by atoms with Crippen LogP contribution in [0.3, 0.4) is 0 Å². The maximum absolute atomic E-state index is 5.37. The Hall–Kier alpha value is -3.55. The van der Waals surface area contributed by atoms with Gasteiger partial charge in [-0.3, -0.25) is 5.10 Å². The molecule has 0 bridgehead atoms. The van der Waals surface area contributed by atoms with Crippen molar-refractivity contribution in [2.75, 3.05) is 19.5 Å². The average Bonchev–Trinajstić information content (AvgIpc) is 3.27. The van der Waals surface area contributed by atoms with Crippen molar-refractivity contribution in [3.63, 3.8) is 0 Å². The normalized spacial score (nSPS) is 10.9. The number of anilines is 2. The SMILES string of the molecule is COc1ccc(-c2nc(Nc3ccc4[nH]ncc4c3)nn2C)cc1OC. The summed E-state index contributed by atoms with van der Waals surface area (Å²) >= 11 is 0. The Morgan fingerprint density at radius 1 is 1.04 bits per heavy atom. The van der Waals surface area contributed by atoms with E-state index in [9.17, 15) is 0 Å². The van der Waals surface area contributed by atoms with Crippen LogP contribution >= 0.6 is 0 Å². The Morgan fingerprint density at radius 3 is 2.69 bits per heavy atom. The topological polar surface area (TPSA) is 89.9 Å². The number of hydrogen-bond donors (Lipinski definition) is 2. The van der Waals surface area contributed by atoms with Gasteiger partial charge in [0.2, 0.25) is 5.95 Å². The van der Waals surface area contributed by atoms with E-state index in [4.69, 9.17) is 9.47 Å². The molecule has 2 heterocycles. The maximum atomic E-state index is 5.37. The van der Waals surface area contributed by atoms with E-state index in [2.05, 4.69) is 25.6 Å². The van der Waals surface area contributed by atoms with Crippen molar-refractivity contribution >= 4 is 22.5 Å². The zero-order valence-electron chi connectivity index (χ0n) is 14.6. The fourth-order valence-corrected chi connectivity index (χ4v) is 2.81. The molecule has 0 amide bonds. The van der Waals surface area contributed by atoms with Gasteiger partial charge in [-0.05, 0) is 36.4 Å². The van der Waals surface area contributed by atoms with E-state index >= 15 is 0 Å². The number of aryl methyl sites for hydroxylation is 1. The van der Waals surface area contributed by atoms with Crippen LogP contribution in [-0.2, 0) is 7.05 Å². The van der Waals surface area contributed by atoms with Crippen LogP contribution in [0, 0.1) is 0 Å². The molecule has 4 aromatic rings. The van der Waals surface area contributed by atoms with E-state index in [0.717, 1.165) is 28.0 Å². The quantitative estimate of drug-likeness (QED) is 0.575. The van der Waals surface area contributed by atoms with E-state index in [0.29, 0.717) is 17.4 Å². The molecule has 0 spiro atoms. The van der Waals surface area contributed by atoms with Crippen LogP contribution in [0.25, 0.3) is 22.3 Å². The van der Waals surface area contributed by atoms with Crippen molar-refractivity contribution in [2.45, 2.75) is 0 Å². The molecule has 0 fully saturated rings. The third kappa shape index (κ3) is 2.81. The minimum absolute atomic E-state index is 0.514. The zero-order chi connectivity index (χ0) is 18.1. The molecule has 0 aliphatic rings. The molecular weight excluding hydrogens is 332 g/mol. The molecule has 0 radical (unpaired) electrons. The van der Waals surface area contributed by atoms with Crippen LogP contribution in [0.15, 0.2) is 42.6 Å². The summed E-state index contributed by atoms with van der Waals surface area (Å²) in [6.07, 6.45) is 1.78. The van der Waals surface area contributed by atoms with E-state index in [1.807, 2.05) is 43.4 Å². The van der Waals surface area contributed by atoms with Gasteiger partial charge in [-0.1, -0.05) is 0 Å². The highest BCUT2D eigenvalue weighted by molar-refractivity contribution is 5.82. The summed E-state index contributed by atoms with van der Waals surface area (Å²) in [5, 5.41) is 15.7. The second-order valence-electron chi connectivity index (χ2n) is 5.75. The minimum atomic E-state index is 0.514. The molecule has 26 heavy (non-hydrogen) atoms. The highest BCUT2D eigenvalue weighted by Crippen LogP contribution is 2.32. The van der Waals surface area contributed by atoms with E-state index in [1.165, 1.54) is 0 Å². The number of aromatic nitrogens is 5.